The molecule has 0 rings (SSSR count). The summed E-state index contributed by atoms with van der Waals surface area (Å²) in [6.45, 7) is 1.55. The van der Waals surface area contributed by atoms with E-state index in [1.807, 2.05) is 0 Å². The number of rotatable bonds is 16. The van der Waals surface area contributed by atoms with Crippen molar-refractivity contribution in [2.45, 2.75) is 69.3 Å². The second-order valence-electron chi connectivity index (χ2n) is 7.41. The normalized spacial score (nSPS) is 15.3. The van der Waals surface area contributed by atoms with Crippen LogP contribution in [0.4, 0.5) is 0 Å². The Morgan fingerprint density at radius 1 is 0.788 bits per heavy atom. The van der Waals surface area contributed by atoms with E-state index < -0.39 is 78.6 Å². The van der Waals surface area contributed by atoms with Gasteiger partial charge < -0.3 is 49.1 Å². The molecular weight excluding hydrogens is 442 g/mol. The molecule has 0 bridgehead atoms. The standard InChI is InChI=1S/C18H33N7O8/c1-8(26)14(22)17(31)25-11(7-13(21)28)16(30)24-10(6-12(20)27)15(29)23-9(18(32)33)4-2-3-5-19/h8-11,14,26H,2-7,19,22H2,1H3,(H2,20,27)(H2,21,28)(H,23,29)(H,24,30)(H,25,31)(H,32,33). The predicted octanol–water partition coefficient (Wildman–Crippen LogP) is -4.89. The molecule has 188 valence electrons. The minimum absolute atomic E-state index is 0.0487. The van der Waals surface area contributed by atoms with Gasteiger partial charge in [-0.3, -0.25) is 24.0 Å². The van der Waals surface area contributed by atoms with Crippen LogP contribution in [0.25, 0.3) is 0 Å². The maximum absolute atomic E-state index is 12.6. The molecule has 0 spiro atoms. The number of carbonyl (C=O) groups excluding carboxylic acids is 5. The van der Waals surface area contributed by atoms with Gasteiger partial charge in [-0.2, -0.15) is 0 Å². The van der Waals surface area contributed by atoms with Crippen LogP contribution >= 0.6 is 0 Å². The fourth-order valence-electron chi connectivity index (χ4n) is 2.60. The minimum Gasteiger partial charge on any atom is -0.480 e. The van der Waals surface area contributed by atoms with Gasteiger partial charge in [-0.1, -0.05) is 0 Å². The highest BCUT2D eigenvalue weighted by Crippen LogP contribution is 2.04. The third kappa shape index (κ3) is 11.8. The van der Waals surface area contributed by atoms with Crippen molar-refractivity contribution in [3.8, 4) is 0 Å². The Morgan fingerprint density at radius 3 is 1.58 bits per heavy atom. The average Bonchev–Trinajstić information content (AvgIpc) is 2.70. The van der Waals surface area contributed by atoms with Crippen LogP contribution in [0.5, 0.6) is 0 Å². The Balaban J connectivity index is 5.50. The van der Waals surface area contributed by atoms with Crippen molar-refractivity contribution in [3.63, 3.8) is 0 Å². The highest BCUT2D eigenvalue weighted by Gasteiger charge is 2.32. The van der Waals surface area contributed by atoms with E-state index in [4.69, 9.17) is 22.9 Å². The minimum atomic E-state index is -1.61. The number of hydrogen-bond acceptors (Lipinski definition) is 9. The molecule has 5 amide bonds. The molecule has 0 saturated heterocycles. The number of carbonyl (C=O) groups is 6. The Labute approximate surface area is 190 Å². The summed E-state index contributed by atoms with van der Waals surface area (Å²) in [4.78, 5) is 71.4. The first-order chi connectivity index (χ1) is 15.3. The van der Waals surface area contributed by atoms with Gasteiger partial charge in [-0.25, -0.2) is 4.79 Å². The quantitative estimate of drug-likeness (QED) is 0.0958. The lowest BCUT2D eigenvalue weighted by molar-refractivity contribution is -0.143. The number of amides is 5. The Morgan fingerprint density at radius 2 is 1.21 bits per heavy atom. The molecule has 0 saturated carbocycles. The fraction of sp³-hybridized carbons (Fsp3) is 0.667. The summed E-state index contributed by atoms with van der Waals surface area (Å²) in [6, 6.07) is -5.95. The number of nitrogens with two attached hydrogens (primary N) is 4. The van der Waals surface area contributed by atoms with Gasteiger partial charge in [0.25, 0.3) is 0 Å². The molecule has 0 aromatic carbocycles. The monoisotopic (exact) mass is 475 g/mol. The Bertz CT molecular complexity index is 731. The van der Waals surface area contributed by atoms with E-state index >= 15 is 0 Å². The van der Waals surface area contributed by atoms with Crippen molar-refractivity contribution in [3.05, 3.63) is 0 Å². The zero-order chi connectivity index (χ0) is 25.7. The summed E-state index contributed by atoms with van der Waals surface area (Å²) in [6.07, 6.45) is -1.69. The molecule has 0 heterocycles. The average molecular weight is 476 g/mol. The molecule has 0 fully saturated rings. The second-order valence-corrected chi connectivity index (χ2v) is 7.41. The van der Waals surface area contributed by atoms with Crippen LogP contribution in [-0.2, 0) is 28.8 Å². The zero-order valence-electron chi connectivity index (χ0n) is 18.3. The largest absolute Gasteiger partial charge is 0.480 e. The predicted molar refractivity (Wildman–Crippen MR) is 114 cm³/mol. The number of carboxylic acid groups (broad SMARTS) is 1. The Hall–Kier alpha value is -3.30. The van der Waals surface area contributed by atoms with E-state index in [1.165, 1.54) is 6.92 Å². The van der Waals surface area contributed by atoms with E-state index in [2.05, 4.69) is 16.0 Å². The van der Waals surface area contributed by atoms with Gasteiger partial charge in [0.1, 0.15) is 24.2 Å². The summed E-state index contributed by atoms with van der Waals surface area (Å²) in [5, 5.41) is 25.2. The smallest absolute Gasteiger partial charge is 0.326 e. The molecule has 0 radical (unpaired) electrons. The van der Waals surface area contributed by atoms with Crippen LogP contribution in [0.3, 0.4) is 0 Å². The fourth-order valence-corrected chi connectivity index (χ4v) is 2.60. The number of nitrogens with one attached hydrogen (secondary N) is 3. The lowest BCUT2D eigenvalue weighted by Gasteiger charge is -2.24. The highest BCUT2D eigenvalue weighted by molar-refractivity contribution is 5.97. The summed E-state index contributed by atoms with van der Waals surface area (Å²) in [5.74, 6) is -6.40. The van der Waals surface area contributed by atoms with Gasteiger partial charge >= 0.3 is 5.97 Å². The first-order valence-corrected chi connectivity index (χ1v) is 10.1. The van der Waals surface area contributed by atoms with Crippen molar-refractivity contribution in [2.75, 3.05) is 6.54 Å². The van der Waals surface area contributed by atoms with Crippen molar-refractivity contribution in [1.82, 2.24) is 16.0 Å². The highest BCUT2D eigenvalue weighted by atomic mass is 16.4. The number of aliphatic hydroxyl groups is 1. The number of carboxylic acids is 1. The SMILES string of the molecule is CC(O)C(N)C(=O)NC(CC(N)=O)C(=O)NC(CC(N)=O)C(=O)NC(CCCCN)C(=O)O. The van der Waals surface area contributed by atoms with Crippen molar-refractivity contribution in [2.24, 2.45) is 22.9 Å². The number of aliphatic carboxylic acids is 1. The molecular formula is C18H33N7O8. The number of primary amides is 2. The van der Waals surface area contributed by atoms with Crippen LogP contribution in [0.15, 0.2) is 0 Å². The van der Waals surface area contributed by atoms with Gasteiger partial charge in [-0.15, -0.1) is 0 Å². The maximum Gasteiger partial charge on any atom is 0.326 e. The number of aliphatic hydroxyl groups excluding tert-OH is 1. The summed E-state index contributed by atoms with van der Waals surface area (Å²) < 4.78 is 0. The summed E-state index contributed by atoms with van der Waals surface area (Å²) in [5.41, 5.74) is 21.1. The first-order valence-electron chi connectivity index (χ1n) is 10.1. The van der Waals surface area contributed by atoms with Crippen molar-refractivity contribution >= 4 is 35.5 Å². The van der Waals surface area contributed by atoms with Gasteiger partial charge in [0.15, 0.2) is 0 Å². The number of hydrogen-bond donors (Lipinski definition) is 9. The maximum atomic E-state index is 12.6. The van der Waals surface area contributed by atoms with Crippen LogP contribution in [-0.4, -0.2) is 82.5 Å². The molecule has 0 aromatic rings. The first kappa shape index (κ1) is 29.7. The molecule has 15 heteroatoms. The van der Waals surface area contributed by atoms with Gasteiger partial charge in [-0.05, 0) is 32.7 Å². The third-order valence-corrected chi connectivity index (χ3v) is 4.46. The van der Waals surface area contributed by atoms with E-state index in [9.17, 15) is 39.0 Å². The van der Waals surface area contributed by atoms with Crippen molar-refractivity contribution < 1.29 is 39.0 Å². The zero-order valence-corrected chi connectivity index (χ0v) is 18.3. The van der Waals surface area contributed by atoms with Crippen LogP contribution < -0.4 is 38.9 Å². The lowest BCUT2D eigenvalue weighted by atomic mass is 10.1. The molecule has 0 aliphatic carbocycles. The van der Waals surface area contributed by atoms with E-state index in [0.717, 1.165) is 0 Å². The van der Waals surface area contributed by atoms with Gasteiger partial charge in [0.2, 0.25) is 29.5 Å². The third-order valence-electron chi connectivity index (χ3n) is 4.46. The van der Waals surface area contributed by atoms with Gasteiger partial charge in [0, 0.05) is 0 Å². The van der Waals surface area contributed by atoms with Crippen LogP contribution in [0.1, 0.15) is 39.0 Å². The van der Waals surface area contributed by atoms with Crippen LogP contribution in [0.2, 0.25) is 0 Å². The van der Waals surface area contributed by atoms with Crippen LogP contribution in [0, 0.1) is 0 Å². The summed E-state index contributed by atoms with van der Waals surface area (Å²) in [7, 11) is 0. The van der Waals surface area contributed by atoms with E-state index in [1.54, 1.807) is 0 Å². The van der Waals surface area contributed by atoms with Gasteiger partial charge in [0.05, 0.1) is 18.9 Å². The topological polar surface area (TPSA) is 283 Å². The van der Waals surface area contributed by atoms with Crippen molar-refractivity contribution in [1.29, 1.82) is 0 Å². The van der Waals surface area contributed by atoms with E-state index in [0.29, 0.717) is 19.4 Å². The number of unbranched alkanes of at least 4 members (excludes halogenated alkanes) is 1. The Kier molecular flexibility index (Phi) is 13.2. The molecule has 0 aromatic heterocycles. The molecule has 15 nitrogen and oxygen atoms in total. The van der Waals surface area contributed by atoms with E-state index in [-0.39, 0.29) is 6.42 Å². The summed E-state index contributed by atoms with van der Waals surface area (Å²) >= 11 is 0. The molecule has 33 heavy (non-hydrogen) atoms. The molecule has 5 unspecified atom stereocenters. The molecule has 0 aliphatic heterocycles. The second kappa shape index (κ2) is 14.7. The molecule has 0 aliphatic rings. The lowest BCUT2D eigenvalue weighted by Crippen LogP contribution is -2.59. The molecule has 5 atom stereocenters. The molecule has 13 N–H and O–H groups in total.